The summed E-state index contributed by atoms with van der Waals surface area (Å²) in [5, 5.41) is 12.9. The molecule has 7 rings (SSSR count). The maximum atomic E-state index is 14.1. The molecule has 0 spiro atoms. The number of amides is 2. The summed E-state index contributed by atoms with van der Waals surface area (Å²) in [6, 6.07) is 20.2. The Hall–Kier alpha value is -4.82. The van der Waals surface area contributed by atoms with E-state index in [0.29, 0.717) is 40.3 Å². The van der Waals surface area contributed by atoms with E-state index in [2.05, 4.69) is 5.32 Å². The number of aliphatic hydroxyl groups is 1. The van der Waals surface area contributed by atoms with Crippen LogP contribution in [0.1, 0.15) is 37.2 Å². The second-order valence-electron chi connectivity index (χ2n) is 11.2. The second-order valence-corrected chi connectivity index (χ2v) is 11.2. The van der Waals surface area contributed by atoms with Crippen molar-refractivity contribution in [2.75, 3.05) is 10.2 Å². The molecule has 42 heavy (non-hydrogen) atoms. The molecule has 0 bridgehead atoms. The Morgan fingerprint density at radius 3 is 2.36 bits per heavy atom. The highest BCUT2D eigenvalue weighted by atomic mass is 16.4. The molecule has 4 atom stereocenters. The Balaban J connectivity index is 1.24. The topological polar surface area (TPSA) is 117 Å². The molecular formula is C34H28N2O6. The molecule has 1 aliphatic heterocycles. The summed E-state index contributed by atoms with van der Waals surface area (Å²) >= 11 is 0. The van der Waals surface area contributed by atoms with Crippen LogP contribution in [0.3, 0.4) is 0 Å². The smallest absolute Gasteiger partial charge is 0.238 e. The van der Waals surface area contributed by atoms with Gasteiger partial charge in [0.05, 0.1) is 23.4 Å². The van der Waals surface area contributed by atoms with Crippen LogP contribution >= 0.6 is 0 Å². The quantitative estimate of drug-likeness (QED) is 0.252. The number of hydrogen-bond donors (Lipinski definition) is 2. The number of rotatable bonds is 5. The Labute approximate surface area is 242 Å². The molecule has 0 saturated carbocycles. The van der Waals surface area contributed by atoms with Crippen molar-refractivity contribution in [3.05, 3.63) is 113 Å². The lowest BCUT2D eigenvalue weighted by Crippen LogP contribution is -2.39. The van der Waals surface area contributed by atoms with Crippen molar-refractivity contribution in [2.45, 2.75) is 32.3 Å². The van der Waals surface area contributed by atoms with Crippen molar-refractivity contribution >= 4 is 40.4 Å². The molecule has 8 heteroatoms. The third-order valence-electron chi connectivity index (χ3n) is 8.88. The molecule has 0 radical (unpaired) electrons. The number of benzene rings is 2. The highest BCUT2D eigenvalue weighted by Gasteiger charge is 2.57. The van der Waals surface area contributed by atoms with E-state index < -0.39 is 23.7 Å². The number of allylic oxidation sites excluding steroid dienone is 6. The van der Waals surface area contributed by atoms with Crippen LogP contribution in [0.2, 0.25) is 0 Å². The van der Waals surface area contributed by atoms with Gasteiger partial charge in [0.25, 0.3) is 0 Å². The van der Waals surface area contributed by atoms with Crippen molar-refractivity contribution in [1.82, 2.24) is 0 Å². The standard InChI is InChI=1S/C34H28N2O6/c1-18-15-27(38)26-16-25-23(30(31(26)32(18)39)28-14-11-22(17-37)42-28)12-13-24-29(25)34(41)36(33(24)40)21-9-7-20(8-10-21)35-19-5-3-2-4-6-19/h2-12,14-15,24-25,29-30,35,37H,13,16-17H2,1H3. The lowest BCUT2D eigenvalue weighted by Gasteiger charge is -2.41. The molecule has 8 nitrogen and oxygen atoms in total. The summed E-state index contributed by atoms with van der Waals surface area (Å²) in [6.07, 6.45) is 3.85. The number of carbonyl (C=O) groups is 4. The monoisotopic (exact) mass is 560 g/mol. The van der Waals surface area contributed by atoms with Crippen LogP contribution in [-0.2, 0) is 25.8 Å². The number of fused-ring (bicyclic) bond motifs is 3. The van der Waals surface area contributed by atoms with E-state index in [4.69, 9.17) is 4.42 Å². The highest BCUT2D eigenvalue weighted by molar-refractivity contribution is 6.25. The van der Waals surface area contributed by atoms with Crippen LogP contribution in [-0.4, -0.2) is 28.5 Å². The van der Waals surface area contributed by atoms with Crippen LogP contribution in [0.15, 0.2) is 106 Å². The fourth-order valence-corrected chi connectivity index (χ4v) is 6.96. The summed E-state index contributed by atoms with van der Waals surface area (Å²) < 4.78 is 5.92. The number of ketones is 2. The number of para-hydroxylation sites is 1. The van der Waals surface area contributed by atoms with E-state index in [0.717, 1.165) is 16.9 Å². The van der Waals surface area contributed by atoms with Crippen molar-refractivity contribution < 1.29 is 28.7 Å². The van der Waals surface area contributed by atoms with Gasteiger partial charge in [-0.3, -0.25) is 24.1 Å². The number of hydrogen-bond acceptors (Lipinski definition) is 7. The summed E-state index contributed by atoms with van der Waals surface area (Å²) in [5.41, 5.74) is 4.15. The van der Waals surface area contributed by atoms with Gasteiger partial charge in [0.15, 0.2) is 11.6 Å². The SMILES string of the molecule is CC1=CC(=O)C2=C(C1=O)C(c1ccc(CO)o1)C1=CCC3C(=O)N(c4ccc(Nc5ccccc5)cc4)C(=O)C3C1C2. The van der Waals surface area contributed by atoms with Crippen LogP contribution in [0.4, 0.5) is 17.1 Å². The molecule has 1 saturated heterocycles. The average Bonchev–Trinajstić information content (AvgIpc) is 3.58. The van der Waals surface area contributed by atoms with Gasteiger partial charge < -0.3 is 14.8 Å². The van der Waals surface area contributed by atoms with Gasteiger partial charge in [-0.05, 0) is 80.3 Å². The zero-order valence-electron chi connectivity index (χ0n) is 22.9. The highest BCUT2D eigenvalue weighted by Crippen LogP contribution is 2.55. The maximum Gasteiger partial charge on any atom is 0.238 e. The first-order valence-electron chi connectivity index (χ1n) is 14.1. The Kier molecular flexibility index (Phi) is 6.17. The summed E-state index contributed by atoms with van der Waals surface area (Å²) in [4.78, 5) is 55.7. The van der Waals surface area contributed by atoms with E-state index in [9.17, 15) is 24.3 Å². The third kappa shape index (κ3) is 4.01. The molecule has 1 fully saturated rings. The summed E-state index contributed by atoms with van der Waals surface area (Å²) in [7, 11) is 0. The predicted molar refractivity (Wildman–Crippen MR) is 155 cm³/mol. The minimum absolute atomic E-state index is 0.202. The first-order chi connectivity index (χ1) is 20.4. The lowest BCUT2D eigenvalue weighted by atomic mass is 9.60. The number of imide groups is 1. The average molecular weight is 561 g/mol. The van der Waals surface area contributed by atoms with Crippen LogP contribution in [0, 0.1) is 17.8 Å². The van der Waals surface area contributed by atoms with Crippen molar-refractivity contribution in [1.29, 1.82) is 0 Å². The van der Waals surface area contributed by atoms with Gasteiger partial charge in [0.1, 0.15) is 18.1 Å². The summed E-state index contributed by atoms with van der Waals surface area (Å²) in [6.45, 7) is 1.32. The van der Waals surface area contributed by atoms with Gasteiger partial charge in [-0.15, -0.1) is 0 Å². The second kappa shape index (κ2) is 9.92. The number of Topliss-reactive ketones (excluding diaryl/α,β-unsaturated/α-hetero) is 1. The Morgan fingerprint density at radius 2 is 1.64 bits per heavy atom. The fraction of sp³-hybridized carbons (Fsp3) is 0.235. The third-order valence-corrected chi connectivity index (χ3v) is 8.88. The summed E-state index contributed by atoms with van der Waals surface area (Å²) in [5.74, 6) is -2.60. The number of nitrogens with one attached hydrogen (secondary N) is 1. The Bertz CT molecular complexity index is 1740. The molecule has 210 valence electrons. The van der Waals surface area contributed by atoms with E-state index in [1.165, 1.54) is 11.0 Å². The predicted octanol–water partition coefficient (Wildman–Crippen LogP) is 5.15. The minimum atomic E-state index is -0.668. The van der Waals surface area contributed by atoms with Crippen molar-refractivity contribution in [3.63, 3.8) is 0 Å². The van der Waals surface area contributed by atoms with Crippen LogP contribution in [0.25, 0.3) is 0 Å². The zero-order valence-corrected chi connectivity index (χ0v) is 22.9. The zero-order chi connectivity index (χ0) is 29.1. The van der Waals surface area contributed by atoms with Gasteiger partial charge >= 0.3 is 0 Å². The number of furan rings is 1. The number of anilines is 3. The largest absolute Gasteiger partial charge is 0.463 e. The molecule has 2 heterocycles. The number of aliphatic hydroxyl groups excluding tert-OH is 1. The molecule has 3 aliphatic carbocycles. The van der Waals surface area contributed by atoms with Gasteiger partial charge in [-0.25, -0.2) is 0 Å². The van der Waals surface area contributed by atoms with Crippen molar-refractivity contribution in [2.24, 2.45) is 17.8 Å². The van der Waals surface area contributed by atoms with Gasteiger partial charge in [-0.2, -0.15) is 0 Å². The molecule has 2 amide bonds. The first-order valence-corrected chi connectivity index (χ1v) is 14.1. The minimum Gasteiger partial charge on any atom is -0.463 e. The molecule has 1 aromatic heterocycles. The molecule has 2 N–H and O–H groups in total. The molecule has 4 unspecified atom stereocenters. The van der Waals surface area contributed by atoms with E-state index in [-0.39, 0.29) is 36.4 Å². The van der Waals surface area contributed by atoms with Gasteiger partial charge in [0.2, 0.25) is 11.8 Å². The number of nitrogens with zero attached hydrogens (tertiary/aromatic N) is 1. The Morgan fingerprint density at radius 1 is 0.905 bits per heavy atom. The molecule has 3 aromatic rings. The molecule has 2 aromatic carbocycles. The van der Waals surface area contributed by atoms with Crippen molar-refractivity contribution in [3.8, 4) is 0 Å². The fourth-order valence-electron chi connectivity index (χ4n) is 6.96. The molecular weight excluding hydrogens is 532 g/mol. The van der Waals surface area contributed by atoms with Gasteiger partial charge in [0, 0.05) is 28.1 Å². The van der Waals surface area contributed by atoms with Crippen LogP contribution in [0.5, 0.6) is 0 Å². The van der Waals surface area contributed by atoms with E-state index in [1.54, 1.807) is 31.2 Å². The first kappa shape index (κ1) is 26.1. The lowest BCUT2D eigenvalue weighted by molar-refractivity contribution is -0.123. The van der Waals surface area contributed by atoms with E-state index >= 15 is 0 Å². The maximum absolute atomic E-state index is 14.1. The normalized spacial score (nSPS) is 25.1. The van der Waals surface area contributed by atoms with Gasteiger partial charge in [-0.1, -0.05) is 29.8 Å². The number of carbonyl (C=O) groups excluding carboxylic acids is 4. The molecule has 4 aliphatic rings. The van der Waals surface area contributed by atoms with Crippen LogP contribution < -0.4 is 10.2 Å². The van der Waals surface area contributed by atoms with E-state index in [1.807, 2.05) is 48.5 Å².